The van der Waals surface area contributed by atoms with Crippen molar-refractivity contribution in [3.63, 3.8) is 0 Å². The highest BCUT2D eigenvalue weighted by Gasteiger charge is 2.49. The van der Waals surface area contributed by atoms with E-state index in [0.29, 0.717) is 16.3 Å². The second-order valence-corrected chi connectivity index (χ2v) is 9.25. The monoisotopic (exact) mass is 580 g/mol. The fourth-order valence-corrected chi connectivity index (χ4v) is 4.66. The minimum Gasteiger partial charge on any atom is -0.480 e. The lowest BCUT2D eigenvalue weighted by Gasteiger charge is -2.43. The van der Waals surface area contributed by atoms with E-state index in [2.05, 4.69) is 20.6 Å². The van der Waals surface area contributed by atoms with E-state index >= 15 is 0 Å². The van der Waals surface area contributed by atoms with Crippen molar-refractivity contribution in [2.45, 2.75) is 30.6 Å². The van der Waals surface area contributed by atoms with Gasteiger partial charge in [0.1, 0.15) is 36.7 Å². The highest BCUT2D eigenvalue weighted by Crippen LogP contribution is 2.39. The van der Waals surface area contributed by atoms with Crippen molar-refractivity contribution < 1.29 is 42.8 Å². The Hall–Kier alpha value is -3.89. The van der Waals surface area contributed by atoms with Crippen molar-refractivity contribution in [1.82, 2.24) is 30.0 Å². The number of ether oxygens (including phenoxy) is 2. The molecule has 3 heterocycles. The number of aromatic nitrogens is 6. The van der Waals surface area contributed by atoms with Gasteiger partial charge in [-0.25, -0.2) is 27.3 Å². The molecule has 16 heteroatoms. The molecule has 0 saturated carbocycles. The molecule has 0 amide bonds. The van der Waals surface area contributed by atoms with Crippen molar-refractivity contribution in [3.05, 3.63) is 71.3 Å². The van der Waals surface area contributed by atoms with E-state index in [1.54, 1.807) is 24.3 Å². The quantitative estimate of drug-likeness (QED) is 0.264. The highest BCUT2D eigenvalue weighted by atomic mass is 35.5. The molecule has 12 nitrogen and oxygen atoms in total. The Kier molecular flexibility index (Phi) is 7.82. The summed E-state index contributed by atoms with van der Waals surface area (Å²) in [5.41, 5.74) is 0.720. The summed E-state index contributed by atoms with van der Waals surface area (Å²) in [7, 11) is 0. The summed E-state index contributed by atoms with van der Waals surface area (Å²) in [6.07, 6.45) is -2.77. The van der Waals surface area contributed by atoms with Crippen LogP contribution in [0.25, 0.3) is 22.5 Å². The van der Waals surface area contributed by atoms with Gasteiger partial charge in [0, 0.05) is 16.1 Å². The van der Waals surface area contributed by atoms with Gasteiger partial charge in [0.05, 0.1) is 24.7 Å². The van der Waals surface area contributed by atoms with Crippen LogP contribution in [-0.4, -0.2) is 82.8 Å². The lowest BCUT2D eigenvalue weighted by atomic mass is 9.95. The van der Waals surface area contributed by atoms with Gasteiger partial charge in [-0.2, -0.15) is 0 Å². The molecule has 210 valence electrons. The molecule has 5 atom stereocenters. The number of rotatable bonds is 8. The first kappa shape index (κ1) is 27.7. The first-order valence-electron chi connectivity index (χ1n) is 11.7. The number of halogens is 4. The number of hydrogen-bond acceptors (Lipinski definition) is 9. The van der Waals surface area contributed by atoms with Crippen LogP contribution in [0, 0.1) is 17.5 Å². The lowest BCUT2D eigenvalue weighted by Crippen LogP contribution is -2.55. The standard InChI is InChI=1S/C24H20ClF3N6O6/c25-13-3-1-2-11(4-13)17-7-29-31-34(17)24-23(39-10-19(36)37)21(22(38)18(9-35)40-24)33-8-16(30-32-33)12-5-14(26)20(28)15(27)6-12/h1-8,18,21-24,35,38H,9-10H2,(H,36,37)/t18-,21+,22+,23-,24?/m1/s1. The highest BCUT2D eigenvalue weighted by molar-refractivity contribution is 6.30. The van der Waals surface area contributed by atoms with Crippen LogP contribution < -0.4 is 0 Å². The zero-order chi connectivity index (χ0) is 28.6. The molecule has 0 bridgehead atoms. The van der Waals surface area contributed by atoms with Crippen LogP contribution in [0.15, 0.2) is 48.8 Å². The third kappa shape index (κ3) is 5.29. The molecule has 0 radical (unpaired) electrons. The molecule has 5 rings (SSSR count). The minimum atomic E-state index is -1.66. The number of aliphatic hydroxyl groups is 2. The maximum Gasteiger partial charge on any atom is 0.329 e. The molecular weight excluding hydrogens is 561 g/mol. The Labute approximate surface area is 228 Å². The van der Waals surface area contributed by atoms with E-state index in [1.807, 2.05) is 0 Å². The van der Waals surface area contributed by atoms with Crippen molar-refractivity contribution in [2.75, 3.05) is 13.2 Å². The Balaban J connectivity index is 1.59. The van der Waals surface area contributed by atoms with Gasteiger partial charge in [-0.05, 0) is 24.3 Å². The summed E-state index contributed by atoms with van der Waals surface area (Å²) >= 11 is 6.14. The molecule has 2 aromatic heterocycles. The molecule has 1 unspecified atom stereocenters. The zero-order valence-corrected chi connectivity index (χ0v) is 20.9. The molecule has 3 N–H and O–H groups in total. The van der Waals surface area contributed by atoms with Crippen LogP contribution in [-0.2, 0) is 14.3 Å². The van der Waals surface area contributed by atoms with Crippen molar-refractivity contribution in [2.24, 2.45) is 0 Å². The minimum absolute atomic E-state index is 0.0917. The van der Waals surface area contributed by atoms with Gasteiger partial charge in [-0.1, -0.05) is 34.2 Å². The molecule has 40 heavy (non-hydrogen) atoms. The summed E-state index contributed by atoms with van der Waals surface area (Å²) < 4.78 is 55.1. The second kappa shape index (κ2) is 11.3. The molecule has 1 fully saturated rings. The number of nitrogens with zero attached hydrogens (tertiary/aromatic N) is 6. The summed E-state index contributed by atoms with van der Waals surface area (Å²) in [4.78, 5) is 11.4. The average Bonchev–Trinajstić information content (AvgIpc) is 3.61. The smallest absolute Gasteiger partial charge is 0.329 e. The molecule has 0 aliphatic carbocycles. The van der Waals surface area contributed by atoms with E-state index in [4.69, 9.17) is 21.1 Å². The zero-order valence-electron chi connectivity index (χ0n) is 20.2. The van der Waals surface area contributed by atoms with Gasteiger partial charge in [0.15, 0.2) is 23.7 Å². The van der Waals surface area contributed by atoms with Gasteiger partial charge in [-0.3, -0.25) is 0 Å². The van der Waals surface area contributed by atoms with Crippen LogP contribution in [0.4, 0.5) is 13.2 Å². The predicted molar refractivity (Wildman–Crippen MR) is 129 cm³/mol. The van der Waals surface area contributed by atoms with Crippen molar-refractivity contribution in [1.29, 1.82) is 0 Å². The molecule has 4 aromatic rings. The number of aliphatic carboxylic acids is 1. The number of carboxylic acids is 1. The van der Waals surface area contributed by atoms with Crippen molar-refractivity contribution in [3.8, 4) is 22.5 Å². The number of carboxylic acid groups (broad SMARTS) is 1. The number of aliphatic hydroxyl groups excluding tert-OH is 2. The number of benzene rings is 2. The summed E-state index contributed by atoms with van der Waals surface area (Å²) in [5, 5.41) is 46.7. The van der Waals surface area contributed by atoms with Crippen LogP contribution in [0.1, 0.15) is 12.3 Å². The van der Waals surface area contributed by atoms with Crippen LogP contribution in [0.5, 0.6) is 0 Å². The molecule has 2 aromatic carbocycles. The molecule has 1 aliphatic rings. The molecule has 1 saturated heterocycles. The number of carbonyl (C=O) groups is 1. The lowest BCUT2D eigenvalue weighted by molar-refractivity contribution is -0.245. The van der Waals surface area contributed by atoms with Crippen LogP contribution >= 0.6 is 11.6 Å². The second-order valence-electron chi connectivity index (χ2n) is 8.81. The van der Waals surface area contributed by atoms with E-state index < -0.39 is 67.2 Å². The first-order chi connectivity index (χ1) is 19.2. The van der Waals surface area contributed by atoms with Gasteiger partial charge < -0.3 is 24.8 Å². The largest absolute Gasteiger partial charge is 0.480 e. The normalized spacial score (nSPS) is 22.9. The Morgan fingerprint density at radius 2 is 1.88 bits per heavy atom. The summed E-state index contributed by atoms with van der Waals surface area (Å²) in [6.45, 7) is -1.49. The van der Waals surface area contributed by atoms with Crippen molar-refractivity contribution >= 4 is 17.6 Å². The van der Waals surface area contributed by atoms with Crippen LogP contribution in [0.2, 0.25) is 5.02 Å². The third-order valence-electron chi connectivity index (χ3n) is 6.27. The summed E-state index contributed by atoms with van der Waals surface area (Å²) in [5.74, 6) is -5.88. The van der Waals surface area contributed by atoms with Gasteiger partial charge in [0.2, 0.25) is 0 Å². The molecular formula is C24H20ClF3N6O6. The van der Waals surface area contributed by atoms with Gasteiger partial charge >= 0.3 is 5.97 Å². The fraction of sp³-hybridized carbons (Fsp3) is 0.292. The Bertz CT molecular complexity index is 1510. The van der Waals surface area contributed by atoms with Crippen LogP contribution in [0.3, 0.4) is 0 Å². The maximum atomic E-state index is 13.8. The van der Waals surface area contributed by atoms with E-state index in [0.717, 1.165) is 16.8 Å². The number of hydrogen-bond donors (Lipinski definition) is 3. The van der Waals surface area contributed by atoms with E-state index in [-0.39, 0.29) is 11.3 Å². The van der Waals surface area contributed by atoms with E-state index in [1.165, 1.54) is 17.1 Å². The van der Waals surface area contributed by atoms with Gasteiger partial charge in [-0.15, -0.1) is 10.2 Å². The maximum absolute atomic E-state index is 13.8. The third-order valence-corrected chi connectivity index (χ3v) is 6.51. The SMILES string of the molecule is O=C(O)CO[C@H]1C(n2nncc2-c2cccc(Cl)c2)O[C@H](CO)[C@H](O)[C@@H]1n1cc(-c2cc(F)c(F)c(F)c2)nn1. The van der Waals surface area contributed by atoms with Gasteiger partial charge in [0.25, 0.3) is 0 Å². The molecule has 0 spiro atoms. The molecule has 1 aliphatic heterocycles. The Morgan fingerprint density at radius 3 is 2.55 bits per heavy atom. The topological polar surface area (TPSA) is 158 Å². The summed E-state index contributed by atoms with van der Waals surface area (Å²) in [6, 6.07) is 6.88. The average molecular weight is 581 g/mol. The fourth-order valence-electron chi connectivity index (χ4n) is 4.47. The predicted octanol–water partition coefficient (Wildman–Crippen LogP) is 2.24. The van der Waals surface area contributed by atoms with E-state index in [9.17, 15) is 33.3 Å². The Morgan fingerprint density at radius 1 is 1.12 bits per heavy atom. The first-order valence-corrected chi connectivity index (χ1v) is 12.1.